The monoisotopic (exact) mass is 362 g/mol. The number of urea groups is 1. The molecule has 10 heteroatoms. The Morgan fingerprint density at radius 1 is 1.28 bits per heavy atom. The summed E-state index contributed by atoms with van der Waals surface area (Å²) in [6.45, 7) is 2.48. The lowest BCUT2D eigenvalue weighted by Gasteiger charge is -2.11. The zero-order valence-electron chi connectivity index (χ0n) is 13.9. The summed E-state index contributed by atoms with van der Waals surface area (Å²) in [6.07, 6.45) is -3.01. The molecule has 3 amide bonds. The van der Waals surface area contributed by atoms with Gasteiger partial charge >= 0.3 is 12.2 Å². The topological polar surface area (TPSA) is 92.4 Å². The molecule has 25 heavy (non-hydrogen) atoms. The number of alkyl halides is 3. The molecule has 0 aromatic carbocycles. The van der Waals surface area contributed by atoms with Crippen molar-refractivity contribution in [3.63, 3.8) is 0 Å². The van der Waals surface area contributed by atoms with Crippen molar-refractivity contribution < 1.29 is 27.5 Å². The maximum atomic E-state index is 12.1. The number of pyridine rings is 1. The van der Waals surface area contributed by atoms with E-state index in [0.717, 1.165) is 0 Å². The SMILES string of the molecule is CC(C)NC(=O)CCNC(=O)NCc1ccnc(OCC(F)(F)F)c1. The minimum atomic E-state index is -4.45. The Morgan fingerprint density at radius 3 is 2.64 bits per heavy atom. The van der Waals surface area contributed by atoms with E-state index in [9.17, 15) is 22.8 Å². The van der Waals surface area contributed by atoms with Crippen molar-refractivity contribution in [3.8, 4) is 5.88 Å². The van der Waals surface area contributed by atoms with Crippen LogP contribution in [0.1, 0.15) is 25.8 Å². The number of hydrogen-bond acceptors (Lipinski definition) is 4. The summed E-state index contributed by atoms with van der Waals surface area (Å²) >= 11 is 0. The molecule has 1 heterocycles. The first-order valence-corrected chi connectivity index (χ1v) is 7.61. The number of ether oxygens (including phenoxy) is 1. The molecule has 0 unspecified atom stereocenters. The summed E-state index contributed by atoms with van der Waals surface area (Å²) in [5.41, 5.74) is 0.528. The molecule has 0 fully saturated rings. The lowest BCUT2D eigenvalue weighted by atomic mass is 10.2. The quantitative estimate of drug-likeness (QED) is 0.657. The summed E-state index contributed by atoms with van der Waals surface area (Å²) < 4.78 is 40.8. The highest BCUT2D eigenvalue weighted by Crippen LogP contribution is 2.17. The molecule has 0 radical (unpaired) electrons. The largest absolute Gasteiger partial charge is 0.468 e. The predicted octanol–water partition coefficient (Wildman–Crippen LogP) is 1.74. The van der Waals surface area contributed by atoms with Gasteiger partial charge in [0, 0.05) is 37.8 Å². The van der Waals surface area contributed by atoms with Crippen LogP contribution in [0.3, 0.4) is 0 Å². The van der Waals surface area contributed by atoms with Gasteiger partial charge in [0.2, 0.25) is 11.8 Å². The van der Waals surface area contributed by atoms with Crippen molar-refractivity contribution in [1.82, 2.24) is 20.9 Å². The third kappa shape index (κ3) is 10.0. The minimum Gasteiger partial charge on any atom is -0.468 e. The first kappa shape index (κ1) is 20.5. The van der Waals surface area contributed by atoms with E-state index >= 15 is 0 Å². The maximum Gasteiger partial charge on any atom is 0.422 e. The number of rotatable bonds is 8. The van der Waals surface area contributed by atoms with Gasteiger partial charge in [0.25, 0.3) is 0 Å². The molecule has 3 N–H and O–H groups in total. The van der Waals surface area contributed by atoms with Crippen molar-refractivity contribution in [2.75, 3.05) is 13.2 Å². The molecular weight excluding hydrogens is 341 g/mol. The summed E-state index contributed by atoms with van der Waals surface area (Å²) in [6, 6.07) is 2.38. The highest BCUT2D eigenvalue weighted by molar-refractivity contribution is 5.78. The standard InChI is InChI=1S/C15H21F3N4O3/c1-10(2)22-12(23)4-6-20-14(24)21-8-11-3-5-19-13(7-11)25-9-15(16,17)18/h3,5,7,10H,4,6,8-9H2,1-2H3,(H,22,23)(H2,20,21,24). The molecule has 0 saturated heterocycles. The van der Waals surface area contributed by atoms with Crippen molar-refractivity contribution in [1.29, 1.82) is 0 Å². The van der Waals surface area contributed by atoms with Gasteiger partial charge in [-0.2, -0.15) is 13.2 Å². The number of carbonyl (C=O) groups excluding carboxylic acids is 2. The van der Waals surface area contributed by atoms with Gasteiger partial charge in [0.15, 0.2) is 6.61 Å². The Bertz CT molecular complexity index is 579. The molecule has 140 valence electrons. The number of hydrogen-bond donors (Lipinski definition) is 3. The Labute approximate surface area is 143 Å². The first-order valence-electron chi connectivity index (χ1n) is 7.61. The number of nitrogens with zero attached hydrogens (tertiary/aromatic N) is 1. The second-order valence-electron chi connectivity index (χ2n) is 5.49. The van der Waals surface area contributed by atoms with E-state index in [2.05, 4.69) is 25.7 Å². The number of nitrogens with one attached hydrogen (secondary N) is 3. The van der Waals surface area contributed by atoms with Crippen LogP contribution in [0.2, 0.25) is 0 Å². The van der Waals surface area contributed by atoms with Crippen LogP contribution in [0, 0.1) is 0 Å². The molecule has 0 bridgehead atoms. The molecule has 0 aliphatic heterocycles. The van der Waals surface area contributed by atoms with Crippen LogP contribution in [0.15, 0.2) is 18.3 Å². The molecule has 7 nitrogen and oxygen atoms in total. The summed E-state index contributed by atoms with van der Waals surface area (Å²) in [5.74, 6) is -0.349. The van der Waals surface area contributed by atoms with Gasteiger partial charge in [-0.25, -0.2) is 9.78 Å². The molecule has 0 aliphatic rings. The maximum absolute atomic E-state index is 12.1. The Hall–Kier alpha value is -2.52. The third-order valence-corrected chi connectivity index (χ3v) is 2.72. The molecular formula is C15H21F3N4O3. The molecule has 0 aliphatic carbocycles. The average Bonchev–Trinajstić information content (AvgIpc) is 2.50. The van der Waals surface area contributed by atoms with E-state index in [0.29, 0.717) is 5.56 Å². The van der Waals surface area contributed by atoms with E-state index in [1.54, 1.807) is 0 Å². The van der Waals surface area contributed by atoms with Crippen LogP contribution < -0.4 is 20.7 Å². The Kier molecular flexibility index (Phi) is 7.96. The zero-order valence-corrected chi connectivity index (χ0v) is 13.9. The van der Waals surface area contributed by atoms with E-state index in [4.69, 9.17) is 0 Å². The number of halogens is 3. The van der Waals surface area contributed by atoms with Gasteiger partial charge in [0.05, 0.1) is 0 Å². The van der Waals surface area contributed by atoms with E-state index in [-0.39, 0.29) is 37.3 Å². The zero-order chi connectivity index (χ0) is 18.9. The Balaban J connectivity index is 2.32. The molecule has 1 aromatic rings. The van der Waals surface area contributed by atoms with Gasteiger partial charge in [-0.3, -0.25) is 4.79 Å². The smallest absolute Gasteiger partial charge is 0.422 e. The number of carbonyl (C=O) groups is 2. The van der Waals surface area contributed by atoms with E-state index in [1.165, 1.54) is 18.3 Å². The lowest BCUT2D eigenvalue weighted by Crippen LogP contribution is -2.38. The van der Waals surface area contributed by atoms with Crippen LogP contribution >= 0.6 is 0 Å². The highest BCUT2D eigenvalue weighted by atomic mass is 19.4. The molecule has 1 aromatic heterocycles. The first-order chi connectivity index (χ1) is 11.7. The normalized spacial score (nSPS) is 11.1. The van der Waals surface area contributed by atoms with Gasteiger partial charge in [-0.15, -0.1) is 0 Å². The fourth-order valence-electron chi connectivity index (χ4n) is 1.72. The minimum absolute atomic E-state index is 0.0294. The third-order valence-electron chi connectivity index (χ3n) is 2.72. The van der Waals surface area contributed by atoms with Crippen molar-refractivity contribution >= 4 is 11.9 Å². The summed E-state index contributed by atoms with van der Waals surface area (Å²) in [5, 5.41) is 7.73. The second kappa shape index (κ2) is 9.70. The molecule has 0 saturated carbocycles. The average molecular weight is 362 g/mol. The molecule has 0 spiro atoms. The fourth-order valence-corrected chi connectivity index (χ4v) is 1.72. The molecule has 0 atom stereocenters. The van der Waals surface area contributed by atoms with Gasteiger partial charge in [0.1, 0.15) is 0 Å². The van der Waals surface area contributed by atoms with Crippen LogP contribution in [0.4, 0.5) is 18.0 Å². The van der Waals surface area contributed by atoms with Crippen LogP contribution in [0.25, 0.3) is 0 Å². The van der Waals surface area contributed by atoms with Crippen LogP contribution in [-0.2, 0) is 11.3 Å². The van der Waals surface area contributed by atoms with Crippen molar-refractivity contribution in [2.24, 2.45) is 0 Å². The van der Waals surface area contributed by atoms with Crippen LogP contribution in [0.5, 0.6) is 5.88 Å². The van der Waals surface area contributed by atoms with Crippen molar-refractivity contribution in [2.45, 2.75) is 39.0 Å². The lowest BCUT2D eigenvalue weighted by molar-refractivity contribution is -0.154. The predicted molar refractivity (Wildman–Crippen MR) is 83.9 cm³/mol. The van der Waals surface area contributed by atoms with Gasteiger partial charge in [-0.1, -0.05) is 0 Å². The van der Waals surface area contributed by atoms with Gasteiger partial charge in [-0.05, 0) is 25.5 Å². The summed E-state index contributed by atoms with van der Waals surface area (Å²) in [7, 11) is 0. The second-order valence-corrected chi connectivity index (χ2v) is 5.49. The fraction of sp³-hybridized carbons (Fsp3) is 0.533. The van der Waals surface area contributed by atoms with E-state index < -0.39 is 18.8 Å². The van der Waals surface area contributed by atoms with Gasteiger partial charge < -0.3 is 20.7 Å². The number of aromatic nitrogens is 1. The Morgan fingerprint density at radius 2 is 2.00 bits per heavy atom. The number of amides is 3. The van der Waals surface area contributed by atoms with Crippen molar-refractivity contribution in [3.05, 3.63) is 23.9 Å². The van der Waals surface area contributed by atoms with Crippen LogP contribution in [-0.4, -0.2) is 42.3 Å². The highest BCUT2D eigenvalue weighted by Gasteiger charge is 2.28. The summed E-state index contributed by atoms with van der Waals surface area (Å²) in [4.78, 5) is 26.7. The molecule has 1 rings (SSSR count). The van der Waals surface area contributed by atoms with E-state index in [1.807, 2.05) is 13.8 Å².